The molecule has 0 aliphatic rings. The van der Waals surface area contributed by atoms with Gasteiger partial charge in [0.1, 0.15) is 12.9 Å². The third-order valence-electron chi connectivity index (χ3n) is 2.69. The maximum absolute atomic E-state index is 6.11. The van der Waals surface area contributed by atoms with Gasteiger partial charge in [-0.05, 0) is 19.8 Å². The van der Waals surface area contributed by atoms with Gasteiger partial charge in [-0.3, -0.25) is 0 Å². The van der Waals surface area contributed by atoms with E-state index < -0.39 is 0 Å². The van der Waals surface area contributed by atoms with E-state index in [2.05, 4.69) is 23.8 Å². The van der Waals surface area contributed by atoms with E-state index in [1.165, 1.54) is 6.33 Å². The Morgan fingerprint density at radius 3 is 2.53 bits per heavy atom. The molecule has 1 aromatic rings. The van der Waals surface area contributed by atoms with Gasteiger partial charge in [0.15, 0.2) is 0 Å². The quantitative estimate of drug-likeness (QED) is 0.801. The molecule has 1 aromatic heterocycles. The van der Waals surface area contributed by atoms with Crippen molar-refractivity contribution in [3.8, 4) is 5.88 Å². The highest BCUT2D eigenvalue weighted by Gasteiger charge is 2.21. The molecule has 84 valence electrons. The lowest BCUT2D eigenvalue weighted by atomic mass is 9.96. The minimum absolute atomic E-state index is 0.251. The van der Waals surface area contributed by atoms with Crippen LogP contribution in [0.2, 0.25) is 0 Å². The maximum Gasteiger partial charge on any atom is 0.216 e. The van der Waals surface area contributed by atoms with E-state index in [0.717, 1.165) is 18.5 Å². The molecule has 2 N–H and O–H groups in total. The lowest BCUT2D eigenvalue weighted by Gasteiger charge is -2.26. The molecule has 4 heteroatoms. The van der Waals surface area contributed by atoms with Crippen LogP contribution in [0.1, 0.15) is 32.4 Å². The molecule has 0 amide bonds. The SMILES string of the molecule is CCC(N)(CC)COc1cc(C)ncn1. The van der Waals surface area contributed by atoms with Crippen LogP contribution in [0.25, 0.3) is 0 Å². The molecule has 0 spiro atoms. The highest BCUT2D eigenvalue weighted by atomic mass is 16.5. The normalized spacial score (nSPS) is 11.5. The Morgan fingerprint density at radius 2 is 2.00 bits per heavy atom. The molecule has 0 aliphatic carbocycles. The van der Waals surface area contributed by atoms with Gasteiger partial charge in [0.2, 0.25) is 5.88 Å². The Balaban J connectivity index is 2.56. The molecule has 1 heterocycles. The van der Waals surface area contributed by atoms with Crippen LogP contribution in [0, 0.1) is 6.92 Å². The number of nitrogens with two attached hydrogens (primary N) is 1. The molecule has 0 atom stereocenters. The fourth-order valence-electron chi connectivity index (χ4n) is 1.18. The Bertz CT molecular complexity index is 310. The summed E-state index contributed by atoms with van der Waals surface area (Å²) in [6.45, 7) is 6.54. The Labute approximate surface area is 90.9 Å². The number of hydrogen-bond donors (Lipinski definition) is 1. The number of aryl methyl sites for hydroxylation is 1. The van der Waals surface area contributed by atoms with Crippen LogP contribution in [-0.4, -0.2) is 22.1 Å². The molecular weight excluding hydrogens is 190 g/mol. The predicted octanol–water partition coefficient (Wildman–Crippen LogP) is 1.68. The second-order valence-electron chi connectivity index (χ2n) is 3.86. The summed E-state index contributed by atoms with van der Waals surface area (Å²) in [7, 11) is 0. The lowest BCUT2D eigenvalue weighted by Crippen LogP contribution is -2.44. The summed E-state index contributed by atoms with van der Waals surface area (Å²) in [5.41, 5.74) is 6.76. The molecule has 0 aromatic carbocycles. The van der Waals surface area contributed by atoms with E-state index in [0.29, 0.717) is 12.5 Å². The molecule has 0 aliphatic heterocycles. The molecule has 0 saturated heterocycles. The first-order valence-corrected chi connectivity index (χ1v) is 5.30. The molecule has 4 nitrogen and oxygen atoms in total. The average Bonchev–Trinajstić information content (AvgIpc) is 2.26. The minimum atomic E-state index is -0.251. The first-order valence-electron chi connectivity index (χ1n) is 5.30. The van der Waals surface area contributed by atoms with E-state index in [4.69, 9.17) is 10.5 Å². The molecule has 1 rings (SSSR count). The van der Waals surface area contributed by atoms with Crippen LogP contribution in [0.4, 0.5) is 0 Å². The Kier molecular flexibility index (Phi) is 4.03. The van der Waals surface area contributed by atoms with Crippen molar-refractivity contribution in [1.82, 2.24) is 9.97 Å². The van der Waals surface area contributed by atoms with Gasteiger partial charge in [-0.2, -0.15) is 0 Å². The number of ether oxygens (including phenoxy) is 1. The van der Waals surface area contributed by atoms with Crippen molar-refractivity contribution in [2.24, 2.45) is 5.73 Å². The fourth-order valence-corrected chi connectivity index (χ4v) is 1.18. The van der Waals surface area contributed by atoms with Gasteiger partial charge >= 0.3 is 0 Å². The fraction of sp³-hybridized carbons (Fsp3) is 0.636. The summed E-state index contributed by atoms with van der Waals surface area (Å²) >= 11 is 0. The van der Waals surface area contributed by atoms with Gasteiger partial charge in [-0.25, -0.2) is 9.97 Å². The smallest absolute Gasteiger partial charge is 0.216 e. The molecule has 0 saturated carbocycles. The maximum atomic E-state index is 6.11. The van der Waals surface area contributed by atoms with Gasteiger partial charge in [0, 0.05) is 17.3 Å². The molecule has 0 unspecified atom stereocenters. The second kappa shape index (κ2) is 5.07. The summed E-state index contributed by atoms with van der Waals surface area (Å²) in [6.07, 6.45) is 3.29. The number of hydrogen-bond acceptors (Lipinski definition) is 4. The minimum Gasteiger partial charge on any atom is -0.476 e. The zero-order valence-corrected chi connectivity index (χ0v) is 9.66. The van der Waals surface area contributed by atoms with Crippen molar-refractivity contribution >= 4 is 0 Å². The Hall–Kier alpha value is -1.16. The van der Waals surface area contributed by atoms with E-state index in [1.54, 1.807) is 0 Å². The lowest BCUT2D eigenvalue weighted by molar-refractivity contribution is 0.200. The number of nitrogens with zero attached hydrogens (tertiary/aromatic N) is 2. The van der Waals surface area contributed by atoms with Crippen molar-refractivity contribution in [2.45, 2.75) is 39.2 Å². The van der Waals surface area contributed by atoms with Crippen LogP contribution in [0.3, 0.4) is 0 Å². The molecule has 15 heavy (non-hydrogen) atoms. The van der Waals surface area contributed by atoms with Crippen LogP contribution in [0.15, 0.2) is 12.4 Å². The molecule has 0 bridgehead atoms. The predicted molar refractivity (Wildman–Crippen MR) is 59.8 cm³/mol. The number of rotatable bonds is 5. The largest absolute Gasteiger partial charge is 0.476 e. The first kappa shape index (κ1) is 11.9. The standard InChI is InChI=1S/C11H19N3O/c1-4-11(12,5-2)7-15-10-6-9(3)13-8-14-10/h6,8H,4-5,7,12H2,1-3H3. The van der Waals surface area contributed by atoms with E-state index in [9.17, 15) is 0 Å². The Morgan fingerprint density at radius 1 is 1.33 bits per heavy atom. The second-order valence-corrected chi connectivity index (χ2v) is 3.86. The van der Waals surface area contributed by atoms with Gasteiger partial charge in [-0.15, -0.1) is 0 Å². The summed E-state index contributed by atoms with van der Waals surface area (Å²) in [4.78, 5) is 8.02. The topological polar surface area (TPSA) is 61.0 Å². The van der Waals surface area contributed by atoms with Crippen molar-refractivity contribution < 1.29 is 4.74 Å². The highest BCUT2D eigenvalue weighted by Crippen LogP contribution is 2.14. The zero-order chi connectivity index (χ0) is 11.3. The summed E-state index contributed by atoms with van der Waals surface area (Å²) in [5, 5.41) is 0. The van der Waals surface area contributed by atoms with Crippen molar-refractivity contribution in [1.29, 1.82) is 0 Å². The van der Waals surface area contributed by atoms with Gasteiger partial charge in [0.05, 0.1) is 0 Å². The monoisotopic (exact) mass is 209 g/mol. The summed E-state index contributed by atoms with van der Waals surface area (Å²) < 4.78 is 5.56. The highest BCUT2D eigenvalue weighted by molar-refractivity contribution is 5.12. The average molecular weight is 209 g/mol. The van der Waals surface area contributed by atoms with Gasteiger partial charge < -0.3 is 10.5 Å². The van der Waals surface area contributed by atoms with Gasteiger partial charge in [-0.1, -0.05) is 13.8 Å². The van der Waals surface area contributed by atoms with Crippen LogP contribution < -0.4 is 10.5 Å². The zero-order valence-electron chi connectivity index (χ0n) is 9.66. The molecular formula is C11H19N3O. The van der Waals surface area contributed by atoms with Crippen molar-refractivity contribution in [3.05, 3.63) is 18.1 Å². The third kappa shape index (κ3) is 3.47. The third-order valence-corrected chi connectivity index (χ3v) is 2.69. The first-order chi connectivity index (χ1) is 7.09. The van der Waals surface area contributed by atoms with Crippen molar-refractivity contribution in [2.75, 3.05) is 6.61 Å². The van der Waals surface area contributed by atoms with E-state index in [-0.39, 0.29) is 5.54 Å². The summed E-state index contributed by atoms with van der Waals surface area (Å²) in [6, 6.07) is 1.81. The molecule has 0 radical (unpaired) electrons. The van der Waals surface area contributed by atoms with Crippen molar-refractivity contribution in [3.63, 3.8) is 0 Å². The van der Waals surface area contributed by atoms with E-state index in [1.807, 2.05) is 13.0 Å². The van der Waals surface area contributed by atoms with Crippen LogP contribution in [0.5, 0.6) is 5.88 Å². The van der Waals surface area contributed by atoms with Gasteiger partial charge in [0.25, 0.3) is 0 Å². The van der Waals surface area contributed by atoms with Crippen LogP contribution in [-0.2, 0) is 0 Å². The molecule has 0 fully saturated rings. The van der Waals surface area contributed by atoms with Crippen LogP contribution >= 0.6 is 0 Å². The van der Waals surface area contributed by atoms with E-state index >= 15 is 0 Å². The number of aromatic nitrogens is 2. The summed E-state index contributed by atoms with van der Waals surface area (Å²) in [5.74, 6) is 0.597.